The van der Waals surface area contributed by atoms with Crippen LogP contribution in [-0.2, 0) is 14.3 Å². The van der Waals surface area contributed by atoms with Gasteiger partial charge in [0.05, 0.1) is 5.69 Å². The average Bonchev–Trinajstić information content (AvgIpc) is 2.41. The molecule has 0 aliphatic rings. The largest absolute Gasteiger partial charge is 0.480 e. The van der Waals surface area contributed by atoms with Gasteiger partial charge in [0.2, 0.25) is 0 Å². The number of carbonyl (C=O) groups is 2. The van der Waals surface area contributed by atoms with Gasteiger partial charge in [0.25, 0.3) is 5.91 Å². The van der Waals surface area contributed by atoms with E-state index >= 15 is 0 Å². The Labute approximate surface area is 124 Å². The number of anilines is 1. The highest BCUT2D eigenvalue weighted by atomic mass is 16.5. The number of hydrogen-bond acceptors (Lipinski definition) is 4. The fraction of sp³-hybridized carbons (Fsp3) is 0.467. The number of benzene rings is 1. The highest BCUT2D eigenvalue weighted by Gasteiger charge is 2.32. The number of aliphatic hydroxyl groups excluding tert-OH is 1. The summed E-state index contributed by atoms with van der Waals surface area (Å²) in [6.07, 6.45) is -0.0431. The quantitative estimate of drug-likeness (QED) is 0.787. The first kappa shape index (κ1) is 17.1. The average molecular weight is 295 g/mol. The molecule has 21 heavy (non-hydrogen) atoms. The van der Waals surface area contributed by atoms with E-state index in [9.17, 15) is 14.7 Å². The number of para-hydroxylation sites is 1. The van der Waals surface area contributed by atoms with Crippen molar-refractivity contribution in [3.63, 3.8) is 0 Å². The Bertz CT molecular complexity index is 495. The minimum Gasteiger partial charge on any atom is -0.480 e. The highest BCUT2D eigenvalue weighted by molar-refractivity contribution is 6.01. The molecule has 6 heteroatoms. The zero-order chi connectivity index (χ0) is 16.0. The molecule has 1 rings (SSSR count). The first-order chi connectivity index (χ1) is 9.93. The number of aliphatic carboxylic acids is 1. The number of nitrogens with zero attached hydrogens (tertiary/aromatic N) is 1. The van der Waals surface area contributed by atoms with Crippen molar-refractivity contribution in [3.8, 4) is 0 Å². The van der Waals surface area contributed by atoms with Crippen molar-refractivity contribution in [2.24, 2.45) is 0 Å². The van der Waals surface area contributed by atoms with Crippen molar-refractivity contribution in [2.75, 3.05) is 25.2 Å². The Kier molecular flexibility index (Phi) is 6.33. The summed E-state index contributed by atoms with van der Waals surface area (Å²) in [5.74, 6) is -1.60. The van der Waals surface area contributed by atoms with E-state index in [2.05, 4.69) is 0 Å². The molecule has 0 saturated heterocycles. The standard InChI is InChI=1S/C15H21NO5/c1-10-5-4-6-11(2)14(10)16(13(18)9-21-3)12(7-8-17)15(19)20/h4-6,12,17H,7-9H2,1-3H3,(H,19,20). The molecule has 0 bridgehead atoms. The van der Waals surface area contributed by atoms with Crippen molar-refractivity contribution in [2.45, 2.75) is 26.3 Å². The number of aliphatic hydroxyl groups is 1. The van der Waals surface area contributed by atoms with E-state index in [1.54, 1.807) is 0 Å². The number of carboxylic acids is 1. The highest BCUT2D eigenvalue weighted by Crippen LogP contribution is 2.27. The third-order valence-corrected chi connectivity index (χ3v) is 3.22. The molecule has 2 N–H and O–H groups in total. The molecule has 0 aliphatic carbocycles. The van der Waals surface area contributed by atoms with Crippen LogP contribution in [0.15, 0.2) is 18.2 Å². The molecule has 0 aliphatic heterocycles. The van der Waals surface area contributed by atoms with Crippen LogP contribution in [0.5, 0.6) is 0 Å². The van der Waals surface area contributed by atoms with Crippen molar-refractivity contribution in [3.05, 3.63) is 29.3 Å². The maximum atomic E-state index is 12.3. The van der Waals surface area contributed by atoms with Crippen LogP contribution in [0, 0.1) is 13.8 Å². The summed E-state index contributed by atoms with van der Waals surface area (Å²) in [7, 11) is 1.38. The van der Waals surface area contributed by atoms with Gasteiger partial charge in [-0.2, -0.15) is 0 Å². The monoisotopic (exact) mass is 295 g/mol. The molecule has 1 unspecified atom stereocenters. The molecular weight excluding hydrogens is 274 g/mol. The fourth-order valence-electron chi connectivity index (χ4n) is 2.32. The second-order valence-corrected chi connectivity index (χ2v) is 4.80. The van der Waals surface area contributed by atoms with Gasteiger partial charge in [-0.1, -0.05) is 18.2 Å². The lowest BCUT2D eigenvalue weighted by atomic mass is 10.0. The van der Waals surface area contributed by atoms with Crippen molar-refractivity contribution < 1.29 is 24.5 Å². The minimum atomic E-state index is -1.16. The fourth-order valence-corrected chi connectivity index (χ4v) is 2.32. The van der Waals surface area contributed by atoms with E-state index in [1.807, 2.05) is 32.0 Å². The normalized spacial score (nSPS) is 12.0. The second-order valence-electron chi connectivity index (χ2n) is 4.80. The Hall–Kier alpha value is -1.92. The van der Waals surface area contributed by atoms with Crippen LogP contribution in [0.1, 0.15) is 17.5 Å². The summed E-state index contributed by atoms with van der Waals surface area (Å²) >= 11 is 0. The molecule has 6 nitrogen and oxygen atoms in total. The molecule has 1 amide bonds. The second kappa shape index (κ2) is 7.75. The SMILES string of the molecule is COCC(=O)N(c1c(C)cccc1C)C(CCO)C(=O)O. The summed E-state index contributed by atoms with van der Waals surface area (Å²) in [5.41, 5.74) is 2.15. The van der Waals surface area contributed by atoms with Gasteiger partial charge in [-0.15, -0.1) is 0 Å². The Morgan fingerprint density at radius 1 is 1.29 bits per heavy atom. The van der Waals surface area contributed by atoms with Gasteiger partial charge in [0.1, 0.15) is 12.6 Å². The Morgan fingerprint density at radius 2 is 1.86 bits per heavy atom. The smallest absolute Gasteiger partial charge is 0.326 e. The summed E-state index contributed by atoms with van der Waals surface area (Å²) in [4.78, 5) is 25.0. The lowest BCUT2D eigenvalue weighted by molar-refractivity contribution is -0.141. The van der Waals surface area contributed by atoms with Crippen molar-refractivity contribution >= 4 is 17.6 Å². The maximum Gasteiger partial charge on any atom is 0.326 e. The number of ether oxygens (including phenoxy) is 1. The topological polar surface area (TPSA) is 87.1 Å². The van der Waals surface area contributed by atoms with E-state index in [4.69, 9.17) is 9.84 Å². The van der Waals surface area contributed by atoms with Gasteiger partial charge < -0.3 is 14.9 Å². The van der Waals surface area contributed by atoms with Gasteiger partial charge in [0, 0.05) is 20.1 Å². The summed E-state index contributed by atoms with van der Waals surface area (Å²) in [6.45, 7) is 3.09. The molecule has 1 aromatic carbocycles. The zero-order valence-corrected chi connectivity index (χ0v) is 12.5. The molecule has 116 valence electrons. The molecule has 0 spiro atoms. The van der Waals surface area contributed by atoms with Gasteiger partial charge >= 0.3 is 5.97 Å². The van der Waals surface area contributed by atoms with E-state index < -0.39 is 17.9 Å². The molecule has 0 saturated carbocycles. The Morgan fingerprint density at radius 3 is 2.29 bits per heavy atom. The number of carbonyl (C=O) groups excluding carboxylic acids is 1. The van der Waals surface area contributed by atoms with Gasteiger partial charge in [0.15, 0.2) is 0 Å². The molecule has 0 aromatic heterocycles. The van der Waals surface area contributed by atoms with E-state index in [1.165, 1.54) is 12.0 Å². The van der Waals surface area contributed by atoms with Gasteiger partial charge in [-0.3, -0.25) is 9.69 Å². The predicted octanol–water partition coefficient (Wildman–Crippen LogP) is 1.12. The third-order valence-electron chi connectivity index (χ3n) is 3.22. The first-order valence-electron chi connectivity index (χ1n) is 6.64. The zero-order valence-electron chi connectivity index (χ0n) is 12.5. The number of hydrogen-bond donors (Lipinski definition) is 2. The third kappa shape index (κ3) is 4.03. The van der Waals surface area contributed by atoms with E-state index in [-0.39, 0.29) is 19.6 Å². The lowest BCUT2D eigenvalue weighted by Crippen LogP contribution is -2.48. The van der Waals surface area contributed by atoms with E-state index in [0.717, 1.165) is 11.1 Å². The molecule has 0 heterocycles. The van der Waals surface area contributed by atoms with Gasteiger partial charge in [-0.25, -0.2) is 4.79 Å². The van der Waals surface area contributed by atoms with Crippen LogP contribution in [0.4, 0.5) is 5.69 Å². The van der Waals surface area contributed by atoms with Crippen LogP contribution in [0.25, 0.3) is 0 Å². The van der Waals surface area contributed by atoms with Crippen LogP contribution in [0.3, 0.4) is 0 Å². The summed E-state index contributed by atoms with van der Waals surface area (Å²) in [5, 5.41) is 18.5. The summed E-state index contributed by atoms with van der Waals surface area (Å²) in [6, 6.07) is 4.34. The number of amides is 1. The van der Waals surface area contributed by atoms with Crippen molar-refractivity contribution in [1.29, 1.82) is 0 Å². The van der Waals surface area contributed by atoms with Crippen molar-refractivity contribution in [1.82, 2.24) is 0 Å². The molecule has 0 radical (unpaired) electrons. The van der Waals surface area contributed by atoms with Crippen LogP contribution >= 0.6 is 0 Å². The number of methoxy groups -OCH3 is 1. The van der Waals surface area contributed by atoms with E-state index in [0.29, 0.717) is 5.69 Å². The van der Waals surface area contributed by atoms with Gasteiger partial charge in [-0.05, 0) is 25.0 Å². The molecule has 1 atom stereocenters. The Balaban J connectivity index is 3.37. The minimum absolute atomic E-state index is 0.0431. The first-order valence-corrected chi connectivity index (χ1v) is 6.64. The molecule has 0 fully saturated rings. The molecule has 1 aromatic rings. The van der Waals surface area contributed by atoms with Crippen LogP contribution in [-0.4, -0.2) is 48.5 Å². The lowest BCUT2D eigenvalue weighted by Gasteiger charge is -2.31. The van der Waals surface area contributed by atoms with Crippen LogP contribution in [0.2, 0.25) is 0 Å². The number of carboxylic acid groups (broad SMARTS) is 1. The number of rotatable bonds is 7. The molecular formula is C15H21NO5. The van der Waals surface area contributed by atoms with Crippen LogP contribution < -0.4 is 4.90 Å². The maximum absolute atomic E-state index is 12.3. The number of aryl methyl sites for hydroxylation is 2. The predicted molar refractivity (Wildman–Crippen MR) is 78.4 cm³/mol. The summed E-state index contributed by atoms with van der Waals surface area (Å²) < 4.78 is 4.85.